The number of aromatic nitrogens is 1. The fraction of sp³-hybridized carbons (Fsp3) is 0.450. The van der Waals surface area contributed by atoms with Crippen molar-refractivity contribution in [2.75, 3.05) is 18.4 Å². The van der Waals surface area contributed by atoms with Gasteiger partial charge in [-0.05, 0) is 50.9 Å². The number of amides is 2. The first-order chi connectivity index (χ1) is 13.0. The molecule has 6 nitrogen and oxygen atoms in total. The molecule has 1 aliphatic rings. The topological polar surface area (TPSA) is 74.3 Å². The van der Waals surface area contributed by atoms with E-state index in [0.717, 1.165) is 31.2 Å². The number of carbonyl (C=O) groups excluding carboxylic acids is 2. The minimum absolute atomic E-state index is 0.266. The Morgan fingerprint density at radius 3 is 2.67 bits per heavy atom. The van der Waals surface area contributed by atoms with Crippen LogP contribution in [0.2, 0.25) is 0 Å². The van der Waals surface area contributed by atoms with Gasteiger partial charge in [-0.15, -0.1) is 11.3 Å². The van der Waals surface area contributed by atoms with Crippen molar-refractivity contribution in [1.29, 1.82) is 0 Å². The number of nitrogens with one attached hydrogen (secondary N) is 2. The first-order valence-electron chi connectivity index (χ1n) is 9.35. The van der Waals surface area contributed by atoms with E-state index in [1.807, 2.05) is 11.4 Å². The molecule has 144 valence electrons. The van der Waals surface area contributed by atoms with Gasteiger partial charge in [-0.1, -0.05) is 25.1 Å². The molecular formula is C20H26N4O2S. The third kappa shape index (κ3) is 5.61. The van der Waals surface area contributed by atoms with Crippen LogP contribution in [0.1, 0.15) is 42.7 Å². The van der Waals surface area contributed by atoms with Gasteiger partial charge in [-0.3, -0.25) is 14.5 Å². The van der Waals surface area contributed by atoms with Crippen molar-refractivity contribution in [3.63, 3.8) is 0 Å². The van der Waals surface area contributed by atoms with Gasteiger partial charge in [0.15, 0.2) is 5.13 Å². The highest BCUT2D eigenvalue weighted by atomic mass is 32.1. The Hall–Kier alpha value is -2.25. The molecule has 1 fully saturated rings. The smallest absolute Gasteiger partial charge is 0.251 e. The number of hydrogen-bond donors (Lipinski definition) is 2. The lowest BCUT2D eigenvalue weighted by atomic mass is 9.99. The summed E-state index contributed by atoms with van der Waals surface area (Å²) >= 11 is 1.42. The van der Waals surface area contributed by atoms with E-state index in [4.69, 9.17) is 0 Å². The van der Waals surface area contributed by atoms with Gasteiger partial charge in [0.1, 0.15) is 6.04 Å². The predicted octanol–water partition coefficient (Wildman–Crippen LogP) is 3.13. The molecule has 2 N–H and O–H groups in total. The summed E-state index contributed by atoms with van der Waals surface area (Å²) in [6.45, 7) is 6.98. The maximum absolute atomic E-state index is 12.3. The number of hydrogen-bond acceptors (Lipinski definition) is 5. The fourth-order valence-electron chi connectivity index (χ4n) is 3.03. The Labute approximate surface area is 164 Å². The Bertz CT molecular complexity index is 769. The number of benzene rings is 1. The van der Waals surface area contributed by atoms with Crippen molar-refractivity contribution in [1.82, 2.24) is 15.2 Å². The van der Waals surface area contributed by atoms with E-state index in [1.165, 1.54) is 24.2 Å². The fourth-order valence-corrected chi connectivity index (χ4v) is 3.74. The average Bonchev–Trinajstić information content (AvgIpc) is 3.11. The standard InChI is InChI=1S/C20H26N4O2S/c1-14-8-10-24(11-9-14)12-17-13-27-20(22-17)23-18(25)15(2)21-19(26)16-6-4-3-5-7-16/h3-7,13-15H,8-12H2,1-2H3,(H,21,26)(H,22,23,25). The molecule has 0 radical (unpaired) electrons. The summed E-state index contributed by atoms with van der Waals surface area (Å²) in [4.78, 5) is 31.4. The van der Waals surface area contributed by atoms with Gasteiger partial charge in [0.2, 0.25) is 5.91 Å². The molecule has 27 heavy (non-hydrogen) atoms. The van der Waals surface area contributed by atoms with Crippen LogP contribution in [-0.2, 0) is 11.3 Å². The minimum atomic E-state index is -0.645. The zero-order valence-corrected chi connectivity index (χ0v) is 16.6. The van der Waals surface area contributed by atoms with E-state index in [-0.39, 0.29) is 11.8 Å². The molecule has 1 saturated heterocycles. The van der Waals surface area contributed by atoms with E-state index in [2.05, 4.69) is 27.4 Å². The van der Waals surface area contributed by atoms with Crippen molar-refractivity contribution in [2.45, 2.75) is 39.3 Å². The Morgan fingerprint density at radius 1 is 1.26 bits per heavy atom. The Morgan fingerprint density at radius 2 is 1.96 bits per heavy atom. The predicted molar refractivity (Wildman–Crippen MR) is 108 cm³/mol. The molecule has 1 aromatic carbocycles. The van der Waals surface area contributed by atoms with Crippen LogP contribution in [0.25, 0.3) is 0 Å². The lowest BCUT2D eigenvalue weighted by Crippen LogP contribution is -2.41. The average molecular weight is 387 g/mol. The zero-order chi connectivity index (χ0) is 19.2. The summed E-state index contributed by atoms with van der Waals surface area (Å²) in [5.74, 6) is 0.267. The number of anilines is 1. The normalized spacial score (nSPS) is 16.7. The summed E-state index contributed by atoms with van der Waals surface area (Å²) in [6, 6.07) is 8.22. The summed E-state index contributed by atoms with van der Waals surface area (Å²) in [5.41, 5.74) is 1.51. The van der Waals surface area contributed by atoms with E-state index in [9.17, 15) is 9.59 Å². The lowest BCUT2D eigenvalue weighted by molar-refractivity contribution is -0.117. The highest BCUT2D eigenvalue weighted by Crippen LogP contribution is 2.21. The second kappa shape index (κ2) is 9.10. The molecule has 0 saturated carbocycles. The number of nitrogens with zero attached hydrogens (tertiary/aromatic N) is 2. The molecule has 0 bridgehead atoms. The zero-order valence-electron chi connectivity index (χ0n) is 15.8. The molecule has 0 aliphatic carbocycles. The van der Waals surface area contributed by atoms with Crippen LogP contribution in [0, 0.1) is 5.92 Å². The summed E-state index contributed by atoms with van der Waals surface area (Å²) in [5, 5.41) is 8.07. The van der Waals surface area contributed by atoms with Crippen LogP contribution >= 0.6 is 11.3 Å². The quantitative estimate of drug-likeness (QED) is 0.800. The van der Waals surface area contributed by atoms with E-state index >= 15 is 0 Å². The van der Waals surface area contributed by atoms with Crippen molar-refractivity contribution in [3.05, 3.63) is 47.0 Å². The minimum Gasteiger partial charge on any atom is -0.341 e. The van der Waals surface area contributed by atoms with Crippen LogP contribution in [0.15, 0.2) is 35.7 Å². The SMILES string of the molecule is CC1CCN(Cc2csc(NC(=O)C(C)NC(=O)c3ccccc3)n2)CC1. The van der Waals surface area contributed by atoms with Gasteiger partial charge in [-0.25, -0.2) is 4.98 Å². The summed E-state index contributed by atoms with van der Waals surface area (Å²) in [6.07, 6.45) is 2.46. The highest BCUT2D eigenvalue weighted by Gasteiger charge is 2.19. The summed E-state index contributed by atoms with van der Waals surface area (Å²) in [7, 11) is 0. The van der Waals surface area contributed by atoms with Crippen molar-refractivity contribution in [2.24, 2.45) is 5.92 Å². The highest BCUT2D eigenvalue weighted by molar-refractivity contribution is 7.13. The molecule has 2 aromatic rings. The third-order valence-electron chi connectivity index (χ3n) is 4.82. The van der Waals surface area contributed by atoms with Crippen LogP contribution in [0.5, 0.6) is 0 Å². The number of carbonyl (C=O) groups is 2. The number of likely N-dealkylation sites (tertiary alicyclic amines) is 1. The van der Waals surface area contributed by atoms with Gasteiger partial charge < -0.3 is 10.6 Å². The van der Waals surface area contributed by atoms with E-state index in [0.29, 0.717) is 10.7 Å². The molecule has 1 unspecified atom stereocenters. The molecule has 2 amide bonds. The number of piperidine rings is 1. The van der Waals surface area contributed by atoms with E-state index < -0.39 is 6.04 Å². The molecule has 3 rings (SSSR count). The molecule has 0 spiro atoms. The molecule has 1 aliphatic heterocycles. The Kier molecular flexibility index (Phi) is 6.58. The first kappa shape index (κ1) is 19.5. The van der Waals surface area contributed by atoms with Crippen molar-refractivity contribution in [3.8, 4) is 0 Å². The second-order valence-corrected chi connectivity index (χ2v) is 8.01. The third-order valence-corrected chi connectivity index (χ3v) is 5.63. The molecule has 1 aromatic heterocycles. The Balaban J connectivity index is 1.49. The van der Waals surface area contributed by atoms with Crippen molar-refractivity contribution < 1.29 is 9.59 Å². The van der Waals surface area contributed by atoms with Gasteiger partial charge in [0.25, 0.3) is 5.91 Å². The maximum Gasteiger partial charge on any atom is 0.251 e. The van der Waals surface area contributed by atoms with Crippen LogP contribution in [0.4, 0.5) is 5.13 Å². The van der Waals surface area contributed by atoms with Crippen molar-refractivity contribution >= 4 is 28.3 Å². The van der Waals surface area contributed by atoms with E-state index in [1.54, 1.807) is 31.2 Å². The van der Waals surface area contributed by atoms with Gasteiger partial charge in [0, 0.05) is 17.5 Å². The number of rotatable bonds is 6. The van der Waals surface area contributed by atoms with Crippen LogP contribution in [-0.4, -0.2) is 40.8 Å². The maximum atomic E-state index is 12.3. The first-order valence-corrected chi connectivity index (χ1v) is 10.2. The lowest BCUT2D eigenvalue weighted by Gasteiger charge is -2.29. The molecule has 7 heteroatoms. The molecule has 2 heterocycles. The largest absolute Gasteiger partial charge is 0.341 e. The summed E-state index contributed by atoms with van der Waals surface area (Å²) < 4.78 is 0. The van der Waals surface area contributed by atoms with Gasteiger partial charge >= 0.3 is 0 Å². The van der Waals surface area contributed by atoms with Gasteiger partial charge in [0.05, 0.1) is 5.69 Å². The second-order valence-electron chi connectivity index (χ2n) is 7.15. The van der Waals surface area contributed by atoms with Crippen LogP contribution < -0.4 is 10.6 Å². The van der Waals surface area contributed by atoms with Crippen LogP contribution in [0.3, 0.4) is 0 Å². The van der Waals surface area contributed by atoms with Gasteiger partial charge in [-0.2, -0.15) is 0 Å². The molecule has 1 atom stereocenters. The monoisotopic (exact) mass is 386 g/mol. The number of thiazole rings is 1. The molecular weight excluding hydrogens is 360 g/mol.